The van der Waals surface area contributed by atoms with Crippen LogP contribution in [0.15, 0.2) is 54.6 Å². The molecule has 1 aliphatic heterocycles. The fourth-order valence-corrected chi connectivity index (χ4v) is 8.58. The smallest absolute Gasteiger partial charge is 0.223 e. The minimum Gasteiger partial charge on any atom is -0.340 e. The number of amides is 2. The normalized spacial score (nSPS) is 22.9. The summed E-state index contributed by atoms with van der Waals surface area (Å²) < 4.78 is 0. The Morgan fingerprint density at radius 3 is 2.28 bits per heavy atom. The van der Waals surface area contributed by atoms with Crippen molar-refractivity contribution in [3.63, 3.8) is 0 Å². The highest BCUT2D eigenvalue weighted by molar-refractivity contribution is 5.77. The van der Waals surface area contributed by atoms with E-state index in [0.29, 0.717) is 48.5 Å². The second-order valence-electron chi connectivity index (χ2n) is 14.0. The van der Waals surface area contributed by atoms with Crippen molar-refractivity contribution in [3.8, 4) is 0 Å². The first kappa shape index (κ1) is 34.4. The molecule has 2 amide bonds. The zero-order valence-corrected chi connectivity index (χ0v) is 28.1. The van der Waals surface area contributed by atoms with Gasteiger partial charge in [0, 0.05) is 57.6 Å². The molecule has 3 aliphatic rings. The van der Waals surface area contributed by atoms with Crippen LogP contribution in [0.1, 0.15) is 108 Å². The Balaban J connectivity index is 1.19. The summed E-state index contributed by atoms with van der Waals surface area (Å²) in [6, 6.07) is 19.6. The van der Waals surface area contributed by atoms with Crippen molar-refractivity contribution >= 4 is 17.5 Å². The number of benzene rings is 2. The van der Waals surface area contributed by atoms with Gasteiger partial charge in [-0.1, -0.05) is 75.1 Å². The molecule has 0 spiro atoms. The maximum atomic E-state index is 13.6. The number of piperidine rings is 1. The Morgan fingerprint density at radius 1 is 0.913 bits per heavy atom. The summed E-state index contributed by atoms with van der Waals surface area (Å²) >= 11 is 0. The number of anilines is 1. The standard InChI is InChI=1S/C38H56N4O4/c1-3-4-23-41(38(44)20-17-30-15-18-33(19-16-30)39-46-45)34-21-24-40(25-22-34)28-32-26-36(27-37(32)31-11-7-5-8-12-31)42(29(2)43)35-13-9-6-10-14-35/h5,7-8,11-12,15-16,18-19,32,34-37,39,45H,3-4,6,9-10,13-14,17,20-28H2,1-2H3/t32-,36?,37-/m1/s1. The van der Waals surface area contributed by atoms with E-state index in [-0.39, 0.29) is 11.8 Å². The zero-order valence-electron chi connectivity index (χ0n) is 28.1. The third kappa shape index (κ3) is 9.11. The highest BCUT2D eigenvalue weighted by Gasteiger charge is 2.42. The lowest BCUT2D eigenvalue weighted by Crippen LogP contribution is -2.49. The van der Waals surface area contributed by atoms with Crippen LogP contribution in [0.5, 0.6) is 0 Å². The van der Waals surface area contributed by atoms with E-state index in [1.807, 2.05) is 24.3 Å². The molecule has 1 unspecified atom stereocenters. The summed E-state index contributed by atoms with van der Waals surface area (Å²) in [5.41, 5.74) is 5.58. The van der Waals surface area contributed by atoms with Gasteiger partial charge < -0.3 is 14.7 Å². The van der Waals surface area contributed by atoms with E-state index < -0.39 is 0 Å². The van der Waals surface area contributed by atoms with E-state index in [9.17, 15) is 9.59 Å². The monoisotopic (exact) mass is 632 g/mol. The van der Waals surface area contributed by atoms with Crippen LogP contribution >= 0.6 is 0 Å². The first-order valence-corrected chi connectivity index (χ1v) is 18.0. The molecule has 0 aromatic heterocycles. The predicted octanol–water partition coefficient (Wildman–Crippen LogP) is 7.27. The first-order valence-electron chi connectivity index (χ1n) is 18.0. The number of carbonyl (C=O) groups excluding carboxylic acids is 2. The molecule has 2 saturated carbocycles. The molecule has 252 valence electrons. The number of hydrogen-bond donors (Lipinski definition) is 2. The van der Waals surface area contributed by atoms with Crippen LogP contribution in [0.2, 0.25) is 0 Å². The van der Waals surface area contributed by atoms with Crippen LogP contribution in [0, 0.1) is 5.92 Å². The molecular formula is C38H56N4O4. The maximum absolute atomic E-state index is 13.6. The Kier molecular flexibility index (Phi) is 12.9. The molecule has 1 saturated heterocycles. The van der Waals surface area contributed by atoms with Gasteiger partial charge in [0.25, 0.3) is 0 Å². The summed E-state index contributed by atoms with van der Waals surface area (Å²) in [6.07, 6.45) is 13.6. The summed E-state index contributed by atoms with van der Waals surface area (Å²) in [7, 11) is 0. The number of nitrogens with one attached hydrogen (secondary N) is 1. The minimum atomic E-state index is 0.252. The summed E-state index contributed by atoms with van der Waals surface area (Å²) in [5, 5.41) is 8.58. The molecular weight excluding hydrogens is 576 g/mol. The molecule has 2 aromatic carbocycles. The molecule has 5 rings (SSSR count). The van der Waals surface area contributed by atoms with Crippen LogP contribution in [0.25, 0.3) is 0 Å². The lowest BCUT2D eigenvalue weighted by molar-refractivity contribution is -0.215. The van der Waals surface area contributed by atoms with E-state index in [0.717, 1.165) is 83.1 Å². The third-order valence-corrected chi connectivity index (χ3v) is 10.9. The number of aryl methyl sites for hydroxylation is 1. The van der Waals surface area contributed by atoms with E-state index in [1.54, 1.807) is 6.92 Å². The zero-order chi connectivity index (χ0) is 32.3. The van der Waals surface area contributed by atoms with Crippen LogP contribution in [0.3, 0.4) is 0 Å². The summed E-state index contributed by atoms with van der Waals surface area (Å²) in [4.78, 5) is 37.7. The van der Waals surface area contributed by atoms with Crippen LogP contribution < -0.4 is 5.48 Å². The highest BCUT2D eigenvalue weighted by Crippen LogP contribution is 2.44. The van der Waals surface area contributed by atoms with Crippen molar-refractivity contribution in [3.05, 3.63) is 65.7 Å². The van der Waals surface area contributed by atoms with Gasteiger partial charge >= 0.3 is 0 Å². The van der Waals surface area contributed by atoms with Crippen molar-refractivity contribution in [2.75, 3.05) is 31.7 Å². The lowest BCUT2D eigenvalue weighted by atomic mass is 9.88. The third-order valence-electron chi connectivity index (χ3n) is 10.9. The van der Waals surface area contributed by atoms with Crippen molar-refractivity contribution < 1.29 is 19.8 Å². The van der Waals surface area contributed by atoms with Gasteiger partial charge in [0.05, 0.1) is 5.69 Å². The molecule has 0 bridgehead atoms. The van der Waals surface area contributed by atoms with Crippen molar-refractivity contribution in [1.82, 2.24) is 14.7 Å². The van der Waals surface area contributed by atoms with Crippen molar-refractivity contribution in [2.45, 2.75) is 121 Å². The quantitative estimate of drug-likeness (QED) is 0.168. The molecule has 2 N–H and O–H groups in total. The Bertz CT molecular complexity index is 1210. The number of likely N-dealkylation sites (tertiary alicyclic amines) is 1. The summed E-state index contributed by atoms with van der Waals surface area (Å²) in [5.74, 6) is 1.51. The second kappa shape index (κ2) is 17.3. The van der Waals surface area contributed by atoms with Gasteiger partial charge in [-0.15, -0.1) is 4.99 Å². The van der Waals surface area contributed by atoms with Crippen molar-refractivity contribution in [2.24, 2.45) is 5.92 Å². The van der Waals surface area contributed by atoms with Gasteiger partial charge in [0.1, 0.15) is 0 Å². The fraction of sp³-hybridized carbons (Fsp3) is 0.632. The Hall–Kier alpha value is -2.94. The van der Waals surface area contributed by atoms with Crippen LogP contribution in [-0.4, -0.2) is 76.1 Å². The molecule has 46 heavy (non-hydrogen) atoms. The predicted molar refractivity (Wildman–Crippen MR) is 183 cm³/mol. The van der Waals surface area contributed by atoms with E-state index in [2.05, 4.69) is 62.4 Å². The molecule has 2 aromatic rings. The molecule has 0 radical (unpaired) electrons. The average molecular weight is 633 g/mol. The van der Waals surface area contributed by atoms with Crippen molar-refractivity contribution in [1.29, 1.82) is 0 Å². The molecule has 3 fully saturated rings. The molecule has 8 nitrogen and oxygen atoms in total. The Morgan fingerprint density at radius 2 is 1.63 bits per heavy atom. The number of carbonyl (C=O) groups is 2. The maximum Gasteiger partial charge on any atom is 0.223 e. The number of rotatable bonds is 14. The molecule has 8 heteroatoms. The molecule has 3 atom stereocenters. The lowest BCUT2D eigenvalue weighted by Gasteiger charge is -2.40. The van der Waals surface area contributed by atoms with Gasteiger partial charge in [0.2, 0.25) is 11.8 Å². The van der Waals surface area contributed by atoms with Gasteiger partial charge in [-0.05, 0) is 86.5 Å². The fourth-order valence-electron chi connectivity index (χ4n) is 8.58. The molecule has 1 heterocycles. The van der Waals surface area contributed by atoms with E-state index >= 15 is 0 Å². The number of nitrogens with zero attached hydrogens (tertiary/aromatic N) is 3. The van der Waals surface area contributed by atoms with Gasteiger partial charge in [-0.3, -0.25) is 9.59 Å². The van der Waals surface area contributed by atoms with Crippen LogP contribution in [-0.2, 0) is 21.0 Å². The Labute approximate surface area is 276 Å². The molecule has 2 aliphatic carbocycles. The second-order valence-corrected chi connectivity index (χ2v) is 14.0. The topological polar surface area (TPSA) is 85.3 Å². The SMILES string of the molecule is CCCCN(C(=O)CCc1ccc(NOO)cc1)C1CCN(C[C@H]2CC(N(C(C)=O)C3CCCCC3)C[C@@H]2c2ccccc2)CC1. The minimum absolute atomic E-state index is 0.252. The van der Waals surface area contributed by atoms with Gasteiger partial charge in [-0.25, -0.2) is 10.7 Å². The van der Waals surface area contributed by atoms with E-state index in [1.165, 1.54) is 24.8 Å². The van der Waals surface area contributed by atoms with E-state index in [4.69, 9.17) is 5.26 Å². The average Bonchev–Trinajstić information content (AvgIpc) is 3.49. The highest BCUT2D eigenvalue weighted by atomic mass is 17.2. The summed E-state index contributed by atoms with van der Waals surface area (Å²) in [6.45, 7) is 7.91. The van der Waals surface area contributed by atoms with Gasteiger partial charge in [0.15, 0.2) is 0 Å². The largest absolute Gasteiger partial charge is 0.340 e. The van der Waals surface area contributed by atoms with Crippen LogP contribution in [0.4, 0.5) is 5.69 Å². The number of hydrogen-bond acceptors (Lipinski definition) is 6. The van der Waals surface area contributed by atoms with Gasteiger partial charge in [-0.2, -0.15) is 0 Å². The number of unbranched alkanes of at least 4 members (excludes halogenated alkanes) is 1. The first-order chi connectivity index (χ1) is 22.5.